The summed E-state index contributed by atoms with van der Waals surface area (Å²) < 4.78 is 77.2. The first-order chi connectivity index (χ1) is 8.31. The lowest BCUT2D eigenvalue weighted by atomic mass is 9.83. The summed E-state index contributed by atoms with van der Waals surface area (Å²) in [5.41, 5.74) is -2.07. The molecule has 2 nitrogen and oxygen atoms in total. The number of nitrogens with one attached hydrogen (secondary N) is 1. The molecule has 0 fully saturated rings. The Hall–Kier alpha value is -0.0800. The van der Waals surface area contributed by atoms with Crippen molar-refractivity contribution in [3.63, 3.8) is 0 Å². The van der Waals surface area contributed by atoms with Crippen molar-refractivity contribution in [3.05, 3.63) is 0 Å². The standard InChI is InChI=1S/C11H20F5NOS/c1-10(2,3)19(18)17-7(6(12)8(13)14)11(4,5)9(15)16/h6-9,17H,1-5H3. The quantitative estimate of drug-likeness (QED) is 0.603. The first-order valence-corrected chi connectivity index (χ1v) is 6.85. The molecule has 0 amide bonds. The van der Waals surface area contributed by atoms with Gasteiger partial charge < -0.3 is 4.55 Å². The Morgan fingerprint density at radius 2 is 1.37 bits per heavy atom. The number of halogens is 5. The van der Waals surface area contributed by atoms with Crippen LogP contribution in [0.15, 0.2) is 0 Å². The minimum atomic E-state index is -3.42. The molecule has 0 aromatic carbocycles. The molecule has 0 bridgehead atoms. The van der Waals surface area contributed by atoms with Crippen LogP contribution in [-0.4, -0.2) is 34.4 Å². The van der Waals surface area contributed by atoms with Gasteiger partial charge in [0.05, 0.1) is 6.04 Å². The van der Waals surface area contributed by atoms with Crippen LogP contribution in [0.1, 0.15) is 34.6 Å². The Labute approximate surface area is 113 Å². The number of hydrogen-bond acceptors (Lipinski definition) is 2. The van der Waals surface area contributed by atoms with E-state index in [2.05, 4.69) is 4.72 Å². The van der Waals surface area contributed by atoms with Crippen molar-refractivity contribution in [2.45, 2.75) is 64.4 Å². The van der Waals surface area contributed by atoms with Crippen molar-refractivity contribution in [2.75, 3.05) is 0 Å². The normalized spacial score (nSPS) is 18.8. The van der Waals surface area contributed by atoms with E-state index < -0.39 is 46.6 Å². The largest absolute Gasteiger partial charge is 0.598 e. The van der Waals surface area contributed by atoms with Gasteiger partial charge in [-0.15, -0.1) is 4.72 Å². The van der Waals surface area contributed by atoms with Crippen LogP contribution in [0, 0.1) is 5.41 Å². The van der Waals surface area contributed by atoms with E-state index in [0.29, 0.717) is 0 Å². The predicted octanol–water partition coefficient (Wildman–Crippen LogP) is 3.30. The highest BCUT2D eigenvalue weighted by Gasteiger charge is 2.49. The third-order valence-electron chi connectivity index (χ3n) is 2.71. The summed E-state index contributed by atoms with van der Waals surface area (Å²) in [6, 6.07) is -1.91. The van der Waals surface area contributed by atoms with Crippen LogP contribution < -0.4 is 4.72 Å². The summed E-state index contributed by atoms with van der Waals surface area (Å²) in [4.78, 5) is 0. The molecule has 0 aliphatic carbocycles. The van der Waals surface area contributed by atoms with Crippen LogP contribution in [-0.2, 0) is 11.4 Å². The molecule has 0 radical (unpaired) electrons. The van der Waals surface area contributed by atoms with Crippen molar-refractivity contribution in [2.24, 2.45) is 5.41 Å². The van der Waals surface area contributed by atoms with Gasteiger partial charge in [0.25, 0.3) is 6.43 Å². The van der Waals surface area contributed by atoms with E-state index in [9.17, 15) is 26.5 Å². The molecule has 0 spiro atoms. The molecule has 116 valence electrons. The van der Waals surface area contributed by atoms with Gasteiger partial charge in [0.15, 0.2) is 6.17 Å². The fourth-order valence-corrected chi connectivity index (χ4v) is 2.22. The lowest BCUT2D eigenvalue weighted by molar-refractivity contribution is -0.0551. The van der Waals surface area contributed by atoms with Gasteiger partial charge >= 0.3 is 0 Å². The molecule has 3 unspecified atom stereocenters. The minimum Gasteiger partial charge on any atom is -0.598 e. The zero-order chi connectivity index (χ0) is 15.6. The third-order valence-corrected chi connectivity index (χ3v) is 4.29. The molecular weight excluding hydrogens is 289 g/mol. The first-order valence-electron chi connectivity index (χ1n) is 5.70. The Kier molecular flexibility index (Phi) is 6.55. The fourth-order valence-electron chi connectivity index (χ4n) is 1.20. The third kappa shape index (κ3) is 5.07. The zero-order valence-corrected chi connectivity index (χ0v) is 12.3. The molecule has 0 saturated heterocycles. The molecule has 8 heteroatoms. The molecule has 19 heavy (non-hydrogen) atoms. The van der Waals surface area contributed by atoms with E-state index in [1.165, 1.54) is 20.8 Å². The second-order valence-electron chi connectivity index (χ2n) is 5.88. The topological polar surface area (TPSA) is 35.1 Å². The molecule has 1 N–H and O–H groups in total. The van der Waals surface area contributed by atoms with Gasteiger partial charge in [-0.05, 0) is 20.8 Å². The second-order valence-corrected chi connectivity index (χ2v) is 7.88. The molecule has 0 aromatic rings. The van der Waals surface area contributed by atoms with E-state index >= 15 is 0 Å². The van der Waals surface area contributed by atoms with Crippen LogP contribution in [0.3, 0.4) is 0 Å². The van der Waals surface area contributed by atoms with Crippen LogP contribution in [0.2, 0.25) is 0 Å². The lowest BCUT2D eigenvalue weighted by Crippen LogP contribution is -2.58. The predicted molar refractivity (Wildman–Crippen MR) is 65.5 cm³/mol. The average molecular weight is 309 g/mol. The molecular formula is C11H20F5NOS. The summed E-state index contributed by atoms with van der Waals surface area (Å²) >= 11 is -1.92. The Bertz CT molecular complexity index is 283. The highest BCUT2D eigenvalue weighted by Crippen LogP contribution is 2.34. The van der Waals surface area contributed by atoms with Gasteiger partial charge in [-0.2, -0.15) is 0 Å². The second kappa shape index (κ2) is 6.58. The molecule has 3 atom stereocenters. The van der Waals surface area contributed by atoms with Crippen LogP contribution in [0.5, 0.6) is 0 Å². The highest BCUT2D eigenvalue weighted by atomic mass is 32.2. The van der Waals surface area contributed by atoms with Gasteiger partial charge in [0.1, 0.15) is 4.75 Å². The molecule has 0 rings (SSSR count). The van der Waals surface area contributed by atoms with E-state index in [1.54, 1.807) is 0 Å². The van der Waals surface area contributed by atoms with E-state index in [1.807, 2.05) is 0 Å². The molecule has 0 saturated carbocycles. The number of alkyl halides is 5. The Morgan fingerprint density at radius 3 is 1.63 bits per heavy atom. The maximum Gasteiger partial charge on any atom is 0.271 e. The molecule has 0 aromatic heterocycles. The van der Waals surface area contributed by atoms with Crippen molar-refractivity contribution in [3.8, 4) is 0 Å². The van der Waals surface area contributed by atoms with Crippen LogP contribution >= 0.6 is 0 Å². The smallest absolute Gasteiger partial charge is 0.271 e. The number of rotatable bonds is 6. The number of hydrogen-bond donors (Lipinski definition) is 1. The maximum atomic E-state index is 13.5. The summed E-state index contributed by atoms with van der Waals surface area (Å²) in [5, 5.41) is 0. The van der Waals surface area contributed by atoms with Gasteiger partial charge in [-0.25, -0.2) is 22.0 Å². The van der Waals surface area contributed by atoms with E-state index in [-0.39, 0.29) is 0 Å². The van der Waals surface area contributed by atoms with E-state index in [4.69, 9.17) is 0 Å². The Morgan fingerprint density at radius 1 is 0.947 bits per heavy atom. The van der Waals surface area contributed by atoms with Crippen LogP contribution in [0.4, 0.5) is 22.0 Å². The lowest BCUT2D eigenvalue weighted by Gasteiger charge is -2.37. The zero-order valence-electron chi connectivity index (χ0n) is 11.5. The molecule has 0 aliphatic rings. The summed E-state index contributed by atoms with van der Waals surface area (Å²) in [6.45, 7) is 6.50. The Balaban J connectivity index is 5.20. The van der Waals surface area contributed by atoms with Crippen LogP contribution in [0.25, 0.3) is 0 Å². The average Bonchev–Trinajstić information content (AvgIpc) is 2.22. The van der Waals surface area contributed by atoms with Gasteiger partial charge in [0, 0.05) is 16.8 Å². The van der Waals surface area contributed by atoms with Crippen molar-refractivity contribution >= 4 is 11.4 Å². The SMILES string of the molecule is CC(C)(C(F)F)C(N[S+]([O-])C(C)(C)C)C(F)C(F)F. The van der Waals surface area contributed by atoms with Crippen molar-refractivity contribution in [1.82, 2.24) is 4.72 Å². The molecule has 0 aliphatic heterocycles. The maximum absolute atomic E-state index is 13.5. The molecule has 0 heterocycles. The van der Waals surface area contributed by atoms with Crippen molar-refractivity contribution in [1.29, 1.82) is 0 Å². The first kappa shape index (κ1) is 18.9. The van der Waals surface area contributed by atoms with E-state index in [0.717, 1.165) is 13.8 Å². The summed E-state index contributed by atoms with van der Waals surface area (Å²) in [6.07, 6.45) is -9.28. The van der Waals surface area contributed by atoms with Gasteiger partial charge in [0.2, 0.25) is 6.43 Å². The summed E-state index contributed by atoms with van der Waals surface area (Å²) in [5.74, 6) is 0. The van der Waals surface area contributed by atoms with Crippen molar-refractivity contribution < 1.29 is 26.5 Å². The minimum absolute atomic E-state index is 0.877. The monoisotopic (exact) mass is 309 g/mol. The summed E-state index contributed by atoms with van der Waals surface area (Å²) in [7, 11) is 0. The fraction of sp³-hybridized carbons (Fsp3) is 1.00. The van der Waals surface area contributed by atoms with Gasteiger partial charge in [-0.1, -0.05) is 13.8 Å². The highest BCUT2D eigenvalue weighted by molar-refractivity contribution is 7.90. The van der Waals surface area contributed by atoms with Gasteiger partial charge in [-0.3, -0.25) is 0 Å².